The molecule has 0 aromatic heterocycles. The van der Waals surface area contributed by atoms with E-state index in [4.69, 9.17) is 14.2 Å². The second kappa shape index (κ2) is 10.3. The second-order valence-corrected chi connectivity index (χ2v) is 7.62. The molecule has 1 unspecified atom stereocenters. The van der Waals surface area contributed by atoms with E-state index in [0.29, 0.717) is 44.0 Å². The zero-order valence-corrected chi connectivity index (χ0v) is 17.9. The van der Waals surface area contributed by atoms with Gasteiger partial charge in [0.25, 0.3) is 5.91 Å². The molecule has 2 aliphatic rings. The highest BCUT2D eigenvalue weighted by Crippen LogP contribution is 2.27. The van der Waals surface area contributed by atoms with Gasteiger partial charge in [-0.3, -0.25) is 19.2 Å². The number of esters is 2. The average molecular weight is 432 g/mol. The van der Waals surface area contributed by atoms with Crippen molar-refractivity contribution in [3.05, 3.63) is 24.3 Å². The fourth-order valence-corrected chi connectivity index (χ4v) is 3.88. The summed E-state index contributed by atoms with van der Waals surface area (Å²) in [5.74, 6) is -1.39. The van der Waals surface area contributed by atoms with E-state index in [1.54, 1.807) is 34.1 Å². The van der Waals surface area contributed by atoms with Gasteiger partial charge in [-0.2, -0.15) is 0 Å². The van der Waals surface area contributed by atoms with Crippen LogP contribution >= 0.6 is 0 Å². The molecule has 2 aliphatic heterocycles. The molecule has 0 radical (unpaired) electrons. The summed E-state index contributed by atoms with van der Waals surface area (Å²) < 4.78 is 15.3. The first-order valence-corrected chi connectivity index (χ1v) is 10.5. The number of carbonyl (C=O) groups is 4. The third kappa shape index (κ3) is 5.53. The fraction of sp³-hybridized carbons (Fsp3) is 0.545. The molecule has 2 heterocycles. The van der Waals surface area contributed by atoms with E-state index < -0.39 is 11.9 Å². The van der Waals surface area contributed by atoms with Crippen LogP contribution in [0, 0.1) is 11.8 Å². The summed E-state index contributed by atoms with van der Waals surface area (Å²) in [4.78, 5) is 51.8. The van der Waals surface area contributed by atoms with Crippen LogP contribution in [-0.2, 0) is 28.7 Å². The first-order valence-electron chi connectivity index (χ1n) is 10.5. The number of anilines is 1. The van der Waals surface area contributed by atoms with Crippen LogP contribution in [0.2, 0.25) is 0 Å². The van der Waals surface area contributed by atoms with Gasteiger partial charge < -0.3 is 24.0 Å². The van der Waals surface area contributed by atoms with Crippen LogP contribution < -0.4 is 9.64 Å². The van der Waals surface area contributed by atoms with Crippen molar-refractivity contribution in [3.63, 3.8) is 0 Å². The largest absolute Gasteiger partial charge is 0.494 e. The van der Waals surface area contributed by atoms with E-state index in [1.807, 2.05) is 6.92 Å². The lowest BCUT2D eigenvalue weighted by atomic mass is 9.97. The van der Waals surface area contributed by atoms with Crippen molar-refractivity contribution in [1.82, 2.24) is 4.90 Å². The Kier molecular flexibility index (Phi) is 7.49. The van der Waals surface area contributed by atoms with Crippen LogP contribution in [0.15, 0.2) is 24.3 Å². The number of ether oxygens (including phenoxy) is 3. The van der Waals surface area contributed by atoms with E-state index >= 15 is 0 Å². The van der Waals surface area contributed by atoms with Gasteiger partial charge in [0.2, 0.25) is 5.91 Å². The molecule has 1 aromatic carbocycles. The maximum atomic E-state index is 12.4. The summed E-state index contributed by atoms with van der Waals surface area (Å²) in [6, 6.07) is 7.11. The number of nitrogens with zero attached hydrogens (tertiary/aromatic N) is 2. The van der Waals surface area contributed by atoms with Gasteiger partial charge in [0, 0.05) is 31.7 Å². The number of piperidine rings is 1. The number of amides is 2. The zero-order valence-electron chi connectivity index (χ0n) is 17.9. The quantitative estimate of drug-likeness (QED) is 0.600. The summed E-state index contributed by atoms with van der Waals surface area (Å²) >= 11 is 0. The molecule has 2 fully saturated rings. The Bertz CT molecular complexity index is 816. The van der Waals surface area contributed by atoms with Gasteiger partial charge in [-0.25, -0.2) is 0 Å². The Morgan fingerprint density at radius 3 is 2.32 bits per heavy atom. The van der Waals surface area contributed by atoms with Gasteiger partial charge in [-0.05, 0) is 44.0 Å². The summed E-state index contributed by atoms with van der Waals surface area (Å²) in [7, 11) is 1.35. The molecule has 31 heavy (non-hydrogen) atoms. The predicted octanol–water partition coefficient (Wildman–Crippen LogP) is 1.39. The molecule has 168 valence electrons. The van der Waals surface area contributed by atoms with Crippen molar-refractivity contribution in [3.8, 4) is 5.75 Å². The molecule has 3 rings (SSSR count). The normalized spacial score (nSPS) is 19.3. The van der Waals surface area contributed by atoms with Gasteiger partial charge in [0.15, 0.2) is 6.61 Å². The molecule has 9 nitrogen and oxygen atoms in total. The molecular weight excluding hydrogens is 404 g/mol. The van der Waals surface area contributed by atoms with Crippen molar-refractivity contribution in [2.24, 2.45) is 11.8 Å². The van der Waals surface area contributed by atoms with Crippen molar-refractivity contribution in [2.45, 2.75) is 26.2 Å². The SMILES string of the molecule is CCOc1ccc(N2CC(C(=O)OCC(=O)N3CCC(C(=O)OC)CC3)CC2=O)cc1. The van der Waals surface area contributed by atoms with Crippen molar-refractivity contribution >= 4 is 29.4 Å². The Morgan fingerprint density at radius 1 is 1.03 bits per heavy atom. The lowest BCUT2D eigenvalue weighted by Crippen LogP contribution is -2.42. The van der Waals surface area contributed by atoms with Crippen LogP contribution in [0.4, 0.5) is 5.69 Å². The molecule has 0 saturated carbocycles. The molecule has 2 amide bonds. The third-order valence-corrected chi connectivity index (χ3v) is 5.64. The Morgan fingerprint density at radius 2 is 1.71 bits per heavy atom. The van der Waals surface area contributed by atoms with Gasteiger partial charge in [-0.15, -0.1) is 0 Å². The summed E-state index contributed by atoms with van der Waals surface area (Å²) in [5, 5.41) is 0. The lowest BCUT2D eigenvalue weighted by molar-refractivity contribution is -0.156. The standard InChI is InChI=1S/C22H28N2O7/c1-3-30-18-6-4-17(5-7-18)24-13-16(12-19(24)25)22(28)31-14-20(26)23-10-8-15(9-11-23)21(27)29-2/h4-7,15-16H,3,8-14H2,1-2H3. The van der Waals surface area contributed by atoms with Crippen LogP contribution in [-0.4, -0.2) is 68.6 Å². The van der Waals surface area contributed by atoms with E-state index in [2.05, 4.69) is 0 Å². The van der Waals surface area contributed by atoms with E-state index in [-0.39, 0.29) is 43.3 Å². The maximum Gasteiger partial charge on any atom is 0.311 e. The minimum atomic E-state index is -0.614. The second-order valence-electron chi connectivity index (χ2n) is 7.62. The number of carbonyl (C=O) groups excluding carboxylic acids is 4. The Hall–Kier alpha value is -3.10. The van der Waals surface area contributed by atoms with Crippen LogP contribution in [0.5, 0.6) is 5.75 Å². The van der Waals surface area contributed by atoms with Gasteiger partial charge >= 0.3 is 11.9 Å². The minimum absolute atomic E-state index is 0.0464. The van der Waals surface area contributed by atoms with Gasteiger partial charge in [-0.1, -0.05) is 0 Å². The molecule has 2 saturated heterocycles. The van der Waals surface area contributed by atoms with E-state index in [0.717, 1.165) is 0 Å². The fourth-order valence-electron chi connectivity index (χ4n) is 3.88. The average Bonchev–Trinajstić information content (AvgIpc) is 3.19. The smallest absolute Gasteiger partial charge is 0.311 e. The number of benzene rings is 1. The predicted molar refractivity (Wildman–Crippen MR) is 110 cm³/mol. The molecule has 1 aromatic rings. The highest BCUT2D eigenvalue weighted by molar-refractivity contribution is 5.99. The zero-order chi connectivity index (χ0) is 22.4. The third-order valence-electron chi connectivity index (χ3n) is 5.64. The number of methoxy groups -OCH3 is 1. The number of rotatable bonds is 7. The number of likely N-dealkylation sites (tertiary alicyclic amines) is 1. The molecule has 0 aliphatic carbocycles. The lowest BCUT2D eigenvalue weighted by Gasteiger charge is -2.30. The van der Waals surface area contributed by atoms with E-state index in [1.165, 1.54) is 7.11 Å². The van der Waals surface area contributed by atoms with Crippen LogP contribution in [0.1, 0.15) is 26.2 Å². The molecular formula is C22H28N2O7. The van der Waals surface area contributed by atoms with Crippen molar-refractivity contribution in [2.75, 3.05) is 44.9 Å². The monoisotopic (exact) mass is 432 g/mol. The molecule has 9 heteroatoms. The van der Waals surface area contributed by atoms with Crippen LogP contribution in [0.25, 0.3) is 0 Å². The first-order chi connectivity index (χ1) is 14.9. The molecule has 0 bridgehead atoms. The number of hydrogen-bond acceptors (Lipinski definition) is 7. The van der Waals surface area contributed by atoms with Gasteiger partial charge in [0.1, 0.15) is 5.75 Å². The highest BCUT2D eigenvalue weighted by Gasteiger charge is 2.37. The Labute approximate surface area is 181 Å². The number of hydrogen-bond donors (Lipinski definition) is 0. The summed E-state index contributed by atoms with van der Waals surface area (Å²) in [6.07, 6.45) is 1.10. The van der Waals surface area contributed by atoms with Crippen molar-refractivity contribution in [1.29, 1.82) is 0 Å². The van der Waals surface area contributed by atoms with Gasteiger partial charge in [0.05, 0.1) is 25.6 Å². The maximum absolute atomic E-state index is 12.4. The Balaban J connectivity index is 1.46. The van der Waals surface area contributed by atoms with E-state index in [9.17, 15) is 19.2 Å². The van der Waals surface area contributed by atoms with Crippen molar-refractivity contribution < 1.29 is 33.4 Å². The summed E-state index contributed by atoms with van der Waals surface area (Å²) in [6.45, 7) is 3.13. The molecule has 0 spiro atoms. The highest BCUT2D eigenvalue weighted by atomic mass is 16.5. The summed E-state index contributed by atoms with van der Waals surface area (Å²) in [5.41, 5.74) is 0.688. The topological polar surface area (TPSA) is 102 Å². The first kappa shape index (κ1) is 22.6. The molecule has 1 atom stereocenters. The molecule has 0 N–H and O–H groups in total. The minimum Gasteiger partial charge on any atom is -0.494 e. The van der Waals surface area contributed by atoms with Crippen LogP contribution in [0.3, 0.4) is 0 Å².